The summed E-state index contributed by atoms with van der Waals surface area (Å²) < 4.78 is 5.85. The molecule has 0 radical (unpaired) electrons. The number of carbonyl (C=O) groups is 1. The third-order valence-corrected chi connectivity index (χ3v) is 7.82. The van der Waals surface area contributed by atoms with Gasteiger partial charge in [-0.1, -0.05) is 35.2 Å². The van der Waals surface area contributed by atoms with E-state index in [9.17, 15) is 9.59 Å². The number of hydrogen-bond acceptors (Lipinski definition) is 10. The van der Waals surface area contributed by atoms with E-state index >= 15 is 0 Å². The Labute approximate surface area is 196 Å². The summed E-state index contributed by atoms with van der Waals surface area (Å²) in [7, 11) is 0. The maximum Gasteiger partial charge on any atom is 0.348 e. The zero-order valence-corrected chi connectivity index (χ0v) is 20.3. The SMILES string of the molecule is CCOC(=O)c1sc2nc(C(C)Sc3nnc(Nc4cccc(C)c4)s3)[nH]c(=O)c2c1C. The summed E-state index contributed by atoms with van der Waals surface area (Å²) in [6.07, 6.45) is 0. The summed E-state index contributed by atoms with van der Waals surface area (Å²) in [6.45, 7) is 7.74. The average Bonchev–Trinajstić information content (AvgIpc) is 3.32. The first-order chi connectivity index (χ1) is 15.4. The van der Waals surface area contributed by atoms with Gasteiger partial charge in [-0.2, -0.15) is 0 Å². The number of hydrogen-bond donors (Lipinski definition) is 2. The number of aromatic amines is 1. The van der Waals surface area contributed by atoms with Gasteiger partial charge in [-0.15, -0.1) is 21.5 Å². The average molecular weight is 488 g/mol. The number of benzene rings is 1. The van der Waals surface area contributed by atoms with Gasteiger partial charge in [0, 0.05) is 5.69 Å². The third kappa shape index (κ3) is 4.69. The second-order valence-corrected chi connectivity index (χ2v) is 10.6. The van der Waals surface area contributed by atoms with Crippen molar-refractivity contribution in [3.63, 3.8) is 0 Å². The molecule has 0 saturated heterocycles. The molecule has 0 aliphatic rings. The van der Waals surface area contributed by atoms with Crippen molar-refractivity contribution < 1.29 is 9.53 Å². The molecule has 0 saturated carbocycles. The zero-order valence-electron chi connectivity index (χ0n) is 17.9. The molecular formula is C21H21N5O3S3. The fourth-order valence-electron chi connectivity index (χ4n) is 3.11. The van der Waals surface area contributed by atoms with Crippen molar-refractivity contribution in [1.29, 1.82) is 0 Å². The Kier molecular flexibility index (Phi) is 6.58. The topological polar surface area (TPSA) is 110 Å². The van der Waals surface area contributed by atoms with E-state index in [-0.39, 0.29) is 17.4 Å². The predicted molar refractivity (Wildman–Crippen MR) is 130 cm³/mol. The lowest BCUT2D eigenvalue weighted by Gasteiger charge is -2.07. The van der Waals surface area contributed by atoms with Crippen molar-refractivity contribution in [2.75, 3.05) is 11.9 Å². The molecule has 0 aliphatic heterocycles. The number of aryl methyl sites for hydroxylation is 2. The zero-order chi connectivity index (χ0) is 22.8. The molecule has 0 spiro atoms. The Morgan fingerprint density at radius 1 is 1.28 bits per heavy atom. The number of H-pyrrole nitrogens is 1. The van der Waals surface area contributed by atoms with E-state index in [1.807, 2.05) is 38.1 Å². The van der Waals surface area contributed by atoms with Gasteiger partial charge in [-0.25, -0.2) is 9.78 Å². The van der Waals surface area contributed by atoms with Gasteiger partial charge >= 0.3 is 5.97 Å². The minimum absolute atomic E-state index is 0.166. The lowest BCUT2D eigenvalue weighted by molar-refractivity contribution is 0.0531. The molecule has 0 amide bonds. The molecule has 4 rings (SSSR count). The van der Waals surface area contributed by atoms with Crippen LogP contribution in [-0.2, 0) is 4.74 Å². The van der Waals surface area contributed by atoms with Crippen LogP contribution in [0.1, 0.15) is 45.7 Å². The maximum absolute atomic E-state index is 12.7. The molecule has 3 aromatic heterocycles. The smallest absolute Gasteiger partial charge is 0.348 e. The largest absolute Gasteiger partial charge is 0.462 e. The molecule has 11 heteroatoms. The van der Waals surface area contributed by atoms with Gasteiger partial charge in [-0.05, 0) is 51.0 Å². The number of rotatable bonds is 7. The number of fused-ring (bicyclic) bond motifs is 1. The number of esters is 1. The lowest BCUT2D eigenvalue weighted by Crippen LogP contribution is -2.12. The van der Waals surface area contributed by atoms with Gasteiger partial charge in [0.2, 0.25) is 5.13 Å². The van der Waals surface area contributed by atoms with Crippen molar-refractivity contribution >= 4 is 61.4 Å². The molecule has 3 heterocycles. The summed E-state index contributed by atoms with van der Waals surface area (Å²) in [5.41, 5.74) is 2.44. The summed E-state index contributed by atoms with van der Waals surface area (Å²) in [5, 5.41) is 12.7. The highest BCUT2D eigenvalue weighted by atomic mass is 32.2. The van der Waals surface area contributed by atoms with Crippen LogP contribution in [0.2, 0.25) is 0 Å². The van der Waals surface area contributed by atoms with Crippen molar-refractivity contribution in [1.82, 2.24) is 20.2 Å². The standard InChI is InChI=1S/C21H21N5O3S3/c1-5-29-19(28)15-11(3)14-17(27)23-16(24-18(14)31-15)12(4)30-21-26-25-20(32-21)22-13-8-6-7-10(2)9-13/h6-9,12H,5H2,1-4H3,(H,22,25)(H,23,24,27). The van der Waals surface area contributed by atoms with Gasteiger partial charge in [0.25, 0.3) is 5.56 Å². The molecule has 32 heavy (non-hydrogen) atoms. The van der Waals surface area contributed by atoms with Crippen LogP contribution in [0.25, 0.3) is 10.2 Å². The Hall–Kier alpha value is -2.76. The molecule has 1 unspecified atom stereocenters. The van der Waals surface area contributed by atoms with Crippen LogP contribution in [0.5, 0.6) is 0 Å². The number of ether oxygens (including phenoxy) is 1. The predicted octanol–water partition coefficient (Wildman–Crippen LogP) is 5.23. The fraction of sp³-hybridized carbons (Fsp3) is 0.286. The third-order valence-electron chi connectivity index (χ3n) is 4.62. The van der Waals surface area contributed by atoms with Crippen molar-refractivity contribution in [3.05, 3.63) is 56.4 Å². The summed E-state index contributed by atoms with van der Waals surface area (Å²) >= 11 is 4.07. The quantitative estimate of drug-likeness (QED) is 0.269. The Bertz CT molecular complexity index is 1340. The van der Waals surface area contributed by atoms with Crippen LogP contribution >= 0.6 is 34.4 Å². The molecule has 1 aromatic carbocycles. The van der Waals surface area contributed by atoms with E-state index in [0.29, 0.717) is 31.6 Å². The maximum atomic E-state index is 12.7. The minimum atomic E-state index is -0.432. The summed E-state index contributed by atoms with van der Waals surface area (Å²) in [4.78, 5) is 33.3. The van der Waals surface area contributed by atoms with Gasteiger partial charge in [0.15, 0.2) is 4.34 Å². The number of thiophene rings is 1. The molecule has 8 nitrogen and oxygen atoms in total. The first-order valence-electron chi connectivity index (χ1n) is 9.90. The van der Waals surface area contributed by atoms with Crippen LogP contribution in [-0.4, -0.2) is 32.7 Å². The molecular weight excluding hydrogens is 466 g/mol. The van der Waals surface area contributed by atoms with Gasteiger partial charge in [0.1, 0.15) is 15.5 Å². The van der Waals surface area contributed by atoms with Crippen LogP contribution in [0.4, 0.5) is 10.8 Å². The van der Waals surface area contributed by atoms with E-state index < -0.39 is 5.97 Å². The normalized spacial score (nSPS) is 12.1. The molecule has 0 bridgehead atoms. The highest BCUT2D eigenvalue weighted by Gasteiger charge is 2.22. The van der Waals surface area contributed by atoms with E-state index in [2.05, 4.69) is 25.5 Å². The van der Waals surface area contributed by atoms with Crippen LogP contribution in [0.3, 0.4) is 0 Å². The molecule has 0 fully saturated rings. The fourth-order valence-corrected chi connectivity index (χ4v) is 6.16. The van der Waals surface area contributed by atoms with Crippen molar-refractivity contribution in [2.24, 2.45) is 0 Å². The van der Waals surface area contributed by atoms with Crippen LogP contribution in [0.15, 0.2) is 33.4 Å². The minimum Gasteiger partial charge on any atom is -0.462 e. The second-order valence-electron chi connectivity index (χ2n) is 7.04. The molecule has 166 valence electrons. The Morgan fingerprint density at radius 2 is 2.09 bits per heavy atom. The van der Waals surface area contributed by atoms with Crippen LogP contribution < -0.4 is 10.9 Å². The van der Waals surface area contributed by atoms with E-state index in [0.717, 1.165) is 15.6 Å². The van der Waals surface area contributed by atoms with Crippen molar-refractivity contribution in [2.45, 2.75) is 37.3 Å². The molecule has 1 atom stereocenters. The highest BCUT2D eigenvalue weighted by Crippen LogP contribution is 2.37. The first kappa shape index (κ1) is 22.4. The summed E-state index contributed by atoms with van der Waals surface area (Å²) in [6, 6.07) is 8.02. The number of nitrogens with zero attached hydrogens (tertiary/aromatic N) is 3. The summed E-state index contributed by atoms with van der Waals surface area (Å²) in [5.74, 6) is 0.0893. The number of aromatic nitrogens is 4. The van der Waals surface area contributed by atoms with E-state index in [4.69, 9.17) is 4.74 Å². The Morgan fingerprint density at radius 3 is 2.84 bits per heavy atom. The van der Waals surface area contributed by atoms with Gasteiger partial charge < -0.3 is 15.0 Å². The molecule has 4 aromatic rings. The van der Waals surface area contributed by atoms with E-state index in [1.165, 1.54) is 34.4 Å². The number of anilines is 2. The first-order valence-corrected chi connectivity index (χ1v) is 12.4. The van der Waals surface area contributed by atoms with Gasteiger partial charge in [-0.3, -0.25) is 4.79 Å². The molecule has 2 N–H and O–H groups in total. The second kappa shape index (κ2) is 9.39. The van der Waals surface area contributed by atoms with Crippen molar-refractivity contribution in [3.8, 4) is 0 Å². The lowest BCUT2D eigenvalue weighted by atomic mass is 10.2. The monoisotopic (exact) mass is 487 g/mol. The number of carbonyl (C=O) groups excluding carboxylic acids is 1. The van der Waals surface area contributed by atoms with Crippen LogP contribution in [0, 0.1) is 13.8 Å². The van der Waals surface area contributed by atoms with E-state index in [1.54, 1.807) is 13.8 Å². The number of nitrogens with one attached hydrogen (secondary N) is 2. The van der Waals surface area contributed by atoms with Gasteiger partial charge in [0.05, 0.1) is 17.2 Å². The number of thioether (sulfide) groups is 1. The Balaban J connectivity index is 1.54. The highest BCUT2D eigenvalue weighted by molar-refractivity contribution is 8.01. The molecule has 0 aliphatic carbocycles.